The summed E-state index contributed by atoms with van der Waals surface area (Å²) in [4.78, 5) is 10.7. The maximum atomic E-state index is 13.7. The number of aliphatic hydroxyl groups is 1. The zero-order valence-electron chi connectivity index (χ0n) is 18.0. The average Bonchev–Trinajstić information content (AvgIpc) is 3.06. The summed E-state index contributed by atoms with van der Waals surface area (Å²) in [7, 11) is 0. The van der Waals surface area contributed by atoms with Gasteiger partial charge >= 0.3 is 12.1 Å². The summed E-state index contributed by atoms with van der Waals surface area (Å²) < 4.78 is 46.0. The lowest BCUT2D eigenvalue weighted by Crippen LogP contribution is -2.42. The molecule has 0 saturated carbocycles. The Kier molecular flexibility index (Phi) is 10.1. The van der Waals surface area contributed by atoms with E-state index in [1.165, 1.54) is 24.3 Å². The summed E-state index contributed by atoms with van der Waals surface area (Å²) >= 11 is 1.12. The SMILES string of the molecule is CC.Cc1noc(C)c1-c1ccc(C(O)(CCSCCC(N)C(=O)O)C(F)(F)F)cc1. The minimum Gasteiger partial charge on any atom is -0.480 e. The third-order valence-electron chi connectivity index (χ3n) is 4.65. The smallest absolute Gasteiger partial charge is 0.421 e. The summed E-state index contributed by atoms with van der Waals surface area (Å²) in [5, 5.41) is 23.0. The number of hydrogen-bond donors (Lipinski definition) is 3. The molecule has 6 nitrogen and oxygen atoms in total. The van der Waals surface area contributed by atoms with Gasteiger partial charge in [-0.3, -0.25) is 4.79 Å². The molecule has 0 saturated heterocycles. The van der Waals surface area contributed by atoms with Crippen LogP contribution in [0.1, 0.15) is 43.7 Å². The Morgan fingerprint density at radius 3 is 2.23 bits per heavy atom. The number of carboxylic acids is 1. The number of aliphatic carboxylic acids is 1. The van der Waals surface area contributed by atoms with Crippen LogP contribution in [0, 0.1) is 13.8 Å². The first kappa shape index (κ1) is 27.0. The minimum atomic E-state index is -4.87. The lowest BCUT2D eigenvalue weighted by Gasteiger charge is -2.31. The molecule has 1 aromatic heterocycles. The molecule has 31 heavy (non-hydrogen) atoms. The number of aromatic nitrogens is 1. The van der Waals surface area contributed by atoms with Crippen LogP contribution < -0.4 is 5.73 Å². The fraction of sp³-hybridized carbons (Fsp3) is 0.524. The van der Waals surface area contributed by atoms with Gasteiger partial charge in [0.05, 0.1) is 5.69 Å². The number of alkyl halides is 3. The van der Waals surface area contributed by atoms with Crippen LogP contribution in [0.2, 0.25) is 0 Å². The molecule has 0 aliphatic carbocycles. The van der Waals surface area contributed by atoms with Crippen LogP contribution in [-0.4, -0.2) is 45.1 Å². The largest absolute Gasteiger partial charge is 0.480 e. The first-order valence-corrected chi connectivity index (χ1v) is 11.0. The van der Waals surface area contributed by atoms with Crippen LogP contribution in [0.4, 0.5) is 13.2 Å². The lowest BCUT2D eigenvalue weighted by atomic mass is 9.89. The average molecular weight is 463 g/mol. The van der Waals surface area contributed by atoms with E-state index in [2.05, 4.69) is 5.16 Å². The second-order valence-electron chi connectivity index (χ2n) is 6.73. The first-order valence-electron chi connectivity index (χ1n) is 9.86. The van der Waals surface area contributed by atoms with Crippen molar-refractivity contribution in [3.63, 3.8) is 0 Å². The third-order valence-corrected chi connectivity index (χ3v) is 5.67. The van der Waals surface area contributed by atoms with Crippen LogP contribution in [-0.2, 0) is 10.4 Å². The predicted octanol–water partition coefficient (Wildman–Crippen LogP) is 4.66. The van der Waals surface area contributed by atoms with Crippen molar-refractivity contribution in [2.24, 2.45) is 5.73 Å². The van der Waals surface area contributed by atoms with Crippen molar-refractivity contribution in [1.29, 1.82) is 0 Å². The number of nitrogens with two attached hydrogens (primary N) is 1. The summed E-state index contributed by atoms with van der Waals surface area (Å²) in [5.74, 6) is -0.325. The second kappa shape index (κ2) is 11.5. The molecule has 2 rings (SSSR count). The van der Waals surface area contributed by atoms with Gasteiger partial charge in [-0.15, -0.1) is 0 Å². The van der Waals surface area contributed by atoms with E-state index in [0.29, 0.717) is 22.6 Å². The molecule has 1 aromatic carbocycles. The van der Waals surface area contributed by atoms with Gasteiger partial charge in [0, 0.05) is 5.56 Å². The van der Waals surface area contributed by atoms with E-state index < -0.39 is 30.2 Å². The van der Waals surface area contributed by atoms with Crippen molar-refractivity contribution in [2.45, 2.75) is 58.4 Å². The fourth-order valence-corrected chi connectivity index (χ4v) is 3.98. The zero-order chi connectivity index (χ0) is 23.8. The Hall–Kier alpha value is -2.04. The van der Waals surface area contributed by atoms with E-state index in [1.54, 1.807) is 13.8 Å². The number of thioether (sulfide) groups is 1. The second-order valence-corrected chi connectivity index (χ2v) is 7.96. The first-order chi connectivity index (χ1) is 14.5. The van der Waals surface area contributed by atoms with Crippen molar-refractivity contribution >= 4 is 17.7 Å². The van der Waals surface area contributed by atoms with Crippen molar-refractivity contribution in [2.75, 3.05) is 11.5 Å². The van der Waals surface area contributed by atoms with E-state index in [4.69, 9.17) is 15.4 Å². The Balaban J connectivity index is 0.00000233. The molecule has 4 N–H and O–H groups in total. The van der Waals surface area contributed by atoms with Crippen molar-refractivity contribution < 1.29 is 32.7 Å². The molecule has 0 aliphatic rings. The summed E-state index contributed by atoms with van der Waals surface area (Å²) in [6.45, 7) is 7.45. The maximum Gasteiger partial charge on any atom is 0.421 e. The molecule has 2 aromatic rings. The minimum absolute atomic E-state index is 0.00598. The van der Waals surface area contributed by atoms with Gasteiger partial charge in [0.25, 0.3) is 0 Å². The molecule has 2 atom stereocenters. The number of benzene rings is 1. The Bertz CT molecular complexity index is 821. The zero-order valence-corrected chi connectivity index (χ0v) is 18.8. The topological polar surface area (TPSA) is 110 Å². The molecule has 0 bridgehead atoms. The number of aryl methyl sites for hydroxylation is 2. The van der Waals surface area contributed by atoms with E-state index in [-0.39, 0.29) is 23.5 Å². The van der Waals surface area contributed by atoms with Crippen LogP contribution in [0.3, 0.4) is 0 Å². The van der Waals surface area contributed by atoms with Crippen LogP contribution in [0.15, 0.2) is 28.8 Å². The van der Waals surface area contributed by atoms with Crippen LogP contribution in [0.25, 0.3) is 11.1 Å². The number of nitrogens with zero attached hydrogens (tertiary/aromatic N) is 1. The molecule has 2 unspecified atom stereocenters. The van der Waals surface area contributed by atoms with Gasteiger partial charge in [-0.05, 0) is 49.3 Å². The van der Waals surface area contributed by atoms with Gasteiger partial charge in [0.2, 0.25) is 0 Å². The van der Waals surface area contributed by atoms with Crippen molar-refractivity contribution in [3.05, 3.63) is 41.3 Å². The number of halogens is 3. The van der Waals surface area contributed by atoms with Crippen molar-refractivity contribution in [1.82, 2.24) is 5.16 Å². The Labute approximate surface area is 184 Å². The lowest BCUT2D eigenvalue weighted by molar-refractivity contribution is -0.267. The van der Waals surface area contributed by atoms with Gasteiger partial charge in [-0.1, -0.05) is 43.3 Å². The fourth-order valence-electron chi connectivity index (χ4n) is 2.91. The molecule has 174 valence electrons. The predicted molar refractivity (Wildman–Crippen MR) is 115 cm³/mol. The van der Waals surface area contributed by atoms with E-state index in [0.717, 1.165) is 11.8 Å². The Morgan fingerprint density at radius 1 is 1.19 bits per heavy atom. The number of rotatable bonds is 9. The molecule has 0 aliphatic heterocycles. The molecule has 10 heteroatoms. The van der Waals surface area contributed by atoms with Gasteiger partial charge < -0.3 is 20.5 Å². The molecule has 1 heterocycles. The molecule has 0 radical (unpaired) electrons. The van der Waals surface area contributed by atoms with Gasteiger partial charge in [-0.25, -0.2) is 0 Å². The molecule has 0 amide bonds. The summed E-state index contributed by atoms with van der Waals surface area (Å²) in [6.07, 6.45) is -5.29. The molecular formula is C21H29F3N2O4S. The highest BCUT2D eigenvalue weighted by Crippen LogP contribution is 2.43. The van der Waals surface area contributed by atoms with E-state index >= 15 is 0 Å². The monoisotopic (exact) mass is 462 g/mol. The highest BCUT2D eigenvalue weighted by Gasteiger charge is 2.54. The highest BCUT2D eigenvalue weighted by molar-refractivity contribution is 7.99. The number of hydrogen-bond acceptors (Lipinski definition) is 6. The van der Waals surface area contributed by atoms with Gasteiger partial charge in [0.15, 0.2) is 5.60 Å². The normalized spacial score (nSPS) is 14.4. The van der Waals surface area contributed by atoms with Gasteiger partial charge in [-0.2, -0.15) is 24.9 Å². The summed E-state index contributed by atoms with van der Waals surface area (Å²) in [6, 6.07) is 4.44. The standard InChI is InChI=1S/C19H23F3N2O4S.C2H6/c1-11-16(12(2)28-24-11)13-3-5-14(6-4-13)18(27,19(20,21)22)8-10-29-9-7-15(23)17(25)26;1-2/h3-6,15,27H,7-10,23H2,1-2H3,(H,25,26);1-2H3. The van der Waals surface area contributed by atoms with E-state index in [1.807, 2.05) is 13.8 Å². The quantitative estimate of drug-likeness (QED) is 0.465. The third kappa shape index (κ3) is 6.72. The molecule has 0 spiro atoms. The van der Waals surface area contributed by atoms with Gasteiger partial charge in [0.1, 0.15) is 11.8 Å². The van der Waals surface area contributed by atoms with Crippen LogP contribution in [0.5, 0.6) is 0 Å². The molecule has 0 fully saturated rings. The number of carboxylic acid groups (broad SMARTS) is 1. The molecular weight excluding hydrogens is 433 g/mol. The van der Waals surface area contributed by atoms with Crippen molar-refractivity contribution in [3.8, 4) is 11.1 Å². The highest BCUT2D eigenvalue weighted by atomic mass is 32.2. The van der Waals surface area contributed by atoms with E-state index in [9.17, 15) is 23.1 Å². The van der Waals surface area contributed by atoms with Crippen LogP contribution >= 0.6 is 11.8 Å². The summed E-state index contributed by atoms with van der Waals surface area (Å²) in [5.41, 5.74) is 4.07. The Morgan fingerprint density at radius 2 is 1.77 bits per heavy atom. The maximum absolute atomic E-state index is 13.7. The number of carbonyl (C=O) groups is 1.